The number of hydrogen-bond acceptors (Lipinski definition) is 3. The maximum absolute atomic E-state index is 5.24. The molecule has 3 nitrogen and oxygen atoms in total. The molecule has 0 saturated carbocycles. The Labute approximate surface area is 140 Å². The molecule has 0 spiro atoms. The molecule has 0 saturated heterocycles. The second kappa shape index (κ2) is 7.29. The molecule has 0 aliphatic carbocycles. The number of thiazole rings is 1. The lowest BCUT2D eigenvalue weighted by molar-refractivity contribution is 0.415. The lowest BCUT2D eigenvalue weighted by Crippen LogP contribution is -2.15. The van der Waals surface area contributed by atoms with Crippen LogP contribution < -0.4 is 9.54 Å². The molecule has 1 heterocycles. The van der Waals surface area contributed by atoms with Gasteiger partial charge in [-0.1, -0.05) is 25.1 Å². The van der Waals surface area contributed by atoms with Crippen molar-refractivity contribution in [2.24, 2.45) is 4.99 Å². The Bertz CT molecular complexity index is 817. The van der Waals surface area contributed by atoms with E-state index in [0.717, 1.165) is 29.2 Å². The quantitative estimate of drug-likeness (QED) is 0.658. The van der Waals surface area contributed by atoms with Crippen LogP contribution in [0, 0.1) is 0 Å². The highest BCUT2D eigenvalue weighted by molar-refractivity contribution is 7.07. The average Bonchev–Trinajstić information content (AvgIpc) is 2.99. The fourth-order valence-corrected chi connectivity index (χ4v) is 3.42. The number of para-hydroxylation sites is 1. The summed E-state index contributed by atoms with van der Waals surface area (Å²) in [6.45, 7) is 3.14. The Balaban J connectivity index is 2.06. The minimum absolute atomic E-state index is 0.875. The van der Waals surface area contributed by atoms with Crippen LogP contribution in [0.4, 0.5) is 5.69 Å². The van der Waals surface area contributed by atoms with Gasteiger partial charge in [0.2, 0.25) is 0 Å². The molecule has 0 atom stereocenters. The van der Waals surface area contributed by atoms with Crippen molar-refractivity contribution in [3.63, 3.8) is 0 Å². The van der Waals surface area contributed by atoms with Crippen molar-refractivity contribution in [3.8, 4) is 17.0 Å². The predicted octanol–water partition coefficient (Wildman–Crippen LogP) is 4.87. The molecule has 3 rings (SSSR count). The molecular weight excluding hydrogens is 304 g/mol. The van der Waals surface area contributed by atoms with Crippen LogP contribution in [0.5, 0.6) is 5.75 Å². The first-order chi connectivity index (χ1) is 11.3. The highest BCUT2D eigenvalue weighted by atomic mass is 32.1. The number of ether oxygens (including phenoxy) is 1. The van der Waals surface area contributed by atoms with Crippen LogP contribution in [0.1, 0.15) is 13.3 Å². The topological polar surface area (TPSA) is 26.5 Å². The van der Waals surface area contributed by atoms with Crippen molar-refractivity contribution in [1.29, 1.82) is 0 Å². The fourth-order valence-electron chi connectivity index (χ4n) is 2.46. The van der Waals surface area contributed by atoms with E-state index in [4.69, 9.17) is 9.73 Å². The minimum Gasteiger partial charge on any atom is -0.497 e. The highest BCUT2D eigenvalue weighted by Gasteiger charge is 2.07. The molecule has 0 radical (unpaired) electrons. The van der Waals surface area contributed by atoms with Gasteiger partial charge in [-0.15, -0.1) is 11.3 Å². The van der Waals surface area contributed by atoms with E-state index in [2.05, 4.69) is 29.0 Å². The van der Waals surface area contributed by atoms with E-state index < -0.39 is 0 Å². The van der Waals surface area contributed by atoms with Gasteiger partial charge in [-0.05, 0) is 48.4 Å². The van der Waals surface area contributed by atoms with Crippen molar-refractivity contribution in [2.45, 2.75) is 19.9 Å². The molecule has 0 unspecified atom stereocenters. The van der Waals surface area contributed by atoms with Gasteiger partial charge in [0.15, 0.2) is 4.80 Å². The molecule has 23 heavy (non-hydrogen) atoms. The van der Waals surface area contributed by atoms with E-state index in [-0.39, 0.29) is 0 Å². The van der Waals surface area contributed by atoms with Crippen LogP contribution in [0.15, 0.2) is 65.0 Å². The van der Waals surface area contributed by atoms with Crippen molar-refractivity contribution in [1.82, 2.24) is 4.57 Å². The van der Waals surface area contributed by atoms with Crippen LogP contribution in [0.3, 0.4) is 0 Å². The first kappa shape index (κ1) is 15.6. The van der Waals surface area contributed by atoms with Crippen molar-refractivity contribution < 1.29 is 4.74 Å². The molecule has 118 valence electrons. The molecule has 4 heteroatoms. The van der Waals surface area contributed by atoms with Gasteiger partial charge in [-0.3, -0.25) is 0 Å². The predicted molar refractivity (Wildman–Crippen MR) is 96.3 cm³/mol. The monoisotopic (exact) mass is 324 g/mol. The minimum atomic E-state index is 0.875. The average molecular weight is 324 g/mol. The van der Waals surface area contributed by atoms with Gasteiger partial charge in [0.05, 0.1) is 18.5 Å². The summed E-state index contributed by atoms with van der Waals surface area (Å²) >= 11 is 1.68. The van der Waals surface area contributed by atoms with Crippen LogP contribution in [0.25, 0.3) is 11.3 Å². The van der Waals surface area contributed by atoms with Crippen LogP contribution in [0.2, 0.25) is 0 Å². The van der Waals surface area contributed by atoms with Crippen LogP contribution in [-0.2, 0) is 6.54 Å². The van der Waals surface area contributed by atoms with E-state index in [1.54, 1.807) is 18.4 Å². The molecule has 3 aromatic rings. The van der Waals surface area contributed by atoms with Gasteiger partial charge >= 0.3 is 0 Å². The molecular formula is C19H20N2OS. The summed E-state index contributed by atoms with van der Waals surface area (Å²) in [4.78, 5) is 5.83. The summed E-state index contributed by atoms with van der Waals surface area (Å²) in [5.41, 5.74) is 3.37. The SMILES string of the molecule is CCCn1c(-c2ccc(OC)cc2)csc1=Nc1ccccc1. The molecule has 0 N–H and O–H groups in total. The highest BCUT2D eigenvalue weighted by Crippen LogP contribution is 2.23. The summed E-state index contributed by atoms with van der Waals surface area (Å²) in [6.07, 6.45) is 1.07. The zero-order chi connectivity index (χ0) is 16.1. The van der Waals surface area contributed by atoms with Crippen LogP contribution >= 0.6 is 11.3 Å². The third-order valence-electron chi connectivity index (χ3n) is 3.61. The third kappa shape index (κ3) is 3.54. The summed E-state index contributed by atoms with van der Waals surface area (Å²) in [5, 5.41) is 2.18. The van der Waals surface area contributed by atoms with E-state index in [9.17, 15) is 0 Å². The van der Waals surface area contributed by atoms with Gasteiger partial charge in [-0.25, -0.2) is 4.99 Å². The maximum atomic E-state index is 5.24. The van der Waals surface area contributed by atoms with Crippen molar-refractivity contribution in [2.75, 3.05) is 7.11 Å². The number of benzene rings is 2. The third-order valence-corrected chi connectivity index (χ3v) is 4.48. The Hall–Kier alpha value is -2.33. The lowest BCUT2D eigenvalue weighted by atomic mass is 10.1. The fraction of sp³-hybridized carbons (Fsp3) is 0.211. The molecule has 2 aromatic carbocycles. The van der Waals surface area contributed by atoms with E-state index in [1.165, 1.54) is 11.3 Å². The zero-order valence-corrected chi connectivity index (χ0v) is 14.2. The Morgan fingerprint density at radius 1 is 1.04 bits per heavy atom. The lowest BCUT2D eigenvalue weighted by Gasteiger charge is -2.08. The zero-order valence-electron chi connectivity index (χ0n) is 13.4. The Morgan fingerprint density at radius 2 is 1.78 bits per heavy atom. The van der Waals surface area contributed by atoms with Gasteiger partial charge in [0, 0.05) is 11.9 Å². The van der Waals surface area contributed by atoms with E-state index >= 15 is 0 Å². The van der Waals surface area contributed by atoms with E-state index in [1.807, 2.05) is 42.5 Å². The first-order valence-corrected chi connectivity index (χ1v) is 8.62. The van der Waals surface area contributed by atoms with Gasteiger partial charge < -0.3 is 9.30 Å². The number of rotatable bonds is 5. The second-order valence-electron chi connectivity index (χ2n) is 5.23. The molecule has 0 aliphatic heterocycles. The first-order valence-electron chi connectivity index (χ1n) is 7.74. The van der Waals surface area contributed by atoms with Gasteiger partial charge in [0.25, 0.3) is 0 Å². The Kier molecular flexibility index (Phi) is 4.93. The number of methoxy groups -OCH3 is 1. The molecule has 0 fully saturated rings. The smallest absolute Gasteiger partial charge is 0.190 e. The molecule has 0 bridgehead atoms. The summed E-state index contributed by atoms with van der Waals surface area (Å²) < 4.78 is 7.54. The maximum Gasteiger partial charge on any atom is 0.190 e. The van der Waals surface area contributed by atoms with E-state index in [0.29, 0.717) is 0 Å². The van der Waals surface area contributed by atoms with Crippen molar-refractivity contribution in [3.05, 3.63) is 64.8 Å². The largest absolute Gasteiger partial charge is 0.497 e. The van der Waals surface area contributed by atoms with Gasteiger partial charge in [0.1, 0.15) is 5.75 Å². The molecule has 1 aromatic heterocycles. The number of hydrogen-bond donors (Lipinski definition) is 0. The molecule has 0 aliphatic rings. The standard InChI is InChI=1S/C19H20N2OS/c1-3-13-21-18(15-9-11-17(22-2)12-10-15)14-23-19(21)20-16-7-5-4-6-8-16/h4-12,14H,3,13H2,1-2H3. The second-order valence-corrected chi connectivity index (χ2v) is 6.07. The Morgan fingerprint density at radius 3 is 2.43 bits per heavy atom. The van der Waals surface area contributed by atoms with Crippen LogP contribution in [-0.4, -0.2) is 11.7 Å². The summed E-state index contributed by atoms with van der Waals surface area (Å²) in [5.74, 6) is 0.875. The van der Waals surface area contributed by atoms with Gasteiger partial charge in [-0.2, -0.15) is 0 Å². The summed E-state index contributed by atoms with van der Waals surface area (Å²) in [7, 11) is 1.69. The normalized spacial score (nSPS) is 11.7. The van der Waals surface area contributed by atoms with Crippen molar-refractivity contribution >= 4 is 17.0 Å². The number of nitrogens with zero attached hydrogens (tertiary/aromatic N) is 2. The molecule has 0 amide bonds. The number of aromatic nitrogens is 1. The summed E-state index contributed by atoms with van der Waals surface area (Å²) in [6, 6.07) is 18.3.